The van der Waals surface area contributed by atoms with Crippen LogP contribution in [0, 0.1) is 0 Å². The molecule has 2 amide bonds. The van der Waals surface area contributed by atoms with Crippen molar-refractivity contribution in [1.29, 1.82) is 0 Å². The van der Waals surface area contributed by atoms with E-state index in [1.54, 1.807) is 24.3 Å². The number of hydrogen-bond donors (Lipinski definition) is 2. The Balaban J connectivity index is 1.63. The summed E-state index contributed by atoms with van der Waals surface area (Å²) < 4.78 is 1.74. The molecule has 24 heavy (non-hydrogen) atoms. The molecular weight excluding hydrogens is 480 g/mol. The van der Waals surface area contributed by atoms with Gasteiger partial charge in [0.1, 0.15) is 0 Å². The summed E-state index contributed by atoms with van der Waals surface area (Å²) >= 11 is 9.26. The summed E-state index contributed by atoms with van der Waals surface area (Å²) in [6, 6.07) is 7.02. The quantitative estimate of drug-likeness (QED) is 0.561. The number of halogens is 2. The van der Waals surface area contributed by atoms with Gasteiger partial charge in [-0.25, -0.2) is 9.97 Å². The highest BCUT2D eigenvalue weighted by Gasteiger charge is 2.12. The molecule has 10 heteroatoms. The van der Waals surface area contributed by atoms with Crippen LogP contribution in [0.15, 0.2) is 44.2 Å². The van der Waals surface area contributed by atoms with E-state index in [4.69, 9.17) is 0 Å². The fourth-order valence-corrected chi connectivity index (χ4v) is 4.25. The van der Waals surface area contributed by atoms with E-state index >= 15 is 0 Å². The van der Waals surface area contributed by atoms with E-state index in [0.29, 0.717) is 21.4 Å². The van der Waals surface area contributed by atoms with E-state index in [-0.39, 0.29) is 11.8 Å². The topological polar surface area (TPSA) is 84.0 Å². The van der Waals surface area contributed by atoms with Gasteiger partial charge in [-0.3, -0.25) is 9.59 Å². The number of carbonyl (C=O) groups excluding carboxylic acids is 2. The van der Waals surface area contributed by atoms with E-state index in [0.717, 1.165) is 7.57 Å². The molecule has 3 heterocycles. The second-order valence-corrected chi connectivity index (χ2v) is 9.33. The maximum Gasteiger partial charge on any atom is 0.266 e. The molecule has 6 nitrogen and oxygen atoms in total. The van der Waals surface area contributed by atoms with Crippen LogP contribution in [-0.4, -0.2) is 21.8 Å². The number of nitrogens with zero attached hydrogens (tertiary/aromatic N) is 2. The Morgan fingerprint density at radius 3 is 1.50 bits per heavy atom. The Hall–Kier alpha value is -1.62. The van der Waals surface area contributed by atoms with Gasteiger partial charge in [0.2, 0.25) is 0 Å². The highest BCUT2D eigenvalue weighted by Crippen LogP contribution is 2.23. The van der Waals surface area contributed by atoms with Crippen molar-refractivity contribution >= 4 is 78.0 Å². The van der Waals surface area contributed by atoms with Crippen LogP contribution >= 0.6 is 54.5 Å². The summed E-state index contributed by atoms with van der Waals surface area (Å²) in [7, 11) is 0. The number of aromatic nitrogens is 2. The molecule has 0 aliphatic rings. The van der Waals surface area contributed by atoms with Crippen molar-refractivity contribution in [3.63, 3.8) is 0 Å². The van der Waals surface area contributed by atoms with Gasteiger partial charge in [-0.2, -0.15) is 0 Å². The number of hydrogen-bond acceptors (Lipinski definition) is 6. The first-order chi connectivity index (χ1) is 11.5. The summed E-state index contributed by atoms with van der Waals surface area (Å²) in [6.07, 6.45) is 2.78. The highest BCUT2D eigenvalue weighted by molar-refractivity contribution is 9.11. The zero-order valence-corrected chi connectivity index (χ0v) is 16.6. The first kappa shape index (κ1) is 17.2. The molecule has 3 aromatic rings. The van der Waals surface area contributed by atoms with Crippen LogP contribution < -0.4 is 10.6 Å². The van der Waals surface area contributed by atoms with Gasteiger partial charge < -0.3 is 10.6 Å². The van der Waals surface area contributed by atoms with E-state index in [9.17, 15) is 9.59 Å². The van der Waals surface area contributed by atoms with Crippen LogP contribution in [0.3, 0.4) is 0 Å². The first-order valence-electron chi connectivity index (χ1n) is 6.47. The largest absolute Gasteiger partial charge is 0.305 e. The van der Waals surface area contributed by atoms with Gasteiger partial charge in [-0.05, 0) is 56.1 Å². The summed E-state index contributed by atoms with van der Waals surface area (Å²) in [5.74, 6) is 0.0863. The van der Waals surface area contributed by atoms with Crippen molar-refractivity contribution in [2.45, 2.75) is 0 Å². The molecule has 122 valence electrons. The maximum absolute atomic E-state index is 12.0. The fourth-order valence-electron chi connectivity index (χ4n) is 1.69. The number of nitrogens with one attached hydrogen (secondary N) is 2. The number of amides is 2. The third kappa shape index (κ3) is 4.26. The minimum Gasteiger partial charge on any atom is -0.305 e. The monoisotopic (exact) mass is 486 g/mol. The first-order valence-corrected chi connectivity index (χ1v) is 9.68. The lowest BCUT2D eigenvalue weighted by Gasteiger charge is -2.05. The van der Waals surface area contributed by atoms with Crippen LogP contribution in [-0.2, 0) is 0 Å². The van der Waals surface area contributed by atoms with Gasteiger partial charge in [-0.15, -0.1) is 22.7 Å². The number of carbonyl (C=O) groups is 2. The molecule has 0 spiro atoms. The molecule has 0 saturated heterocycles. The third-order valence-electron chi connectivity index (χ3n) is 2.73. The van der Waals surface area contributed by atoms with Gasteiger partial charge in [0, 0.05) is 0 Å². The standard InChI is InChI=1S/C14H8Br2N4O2S2/c15-9-3-1-7(23-9)13(21)19-11-5-18-12(6-17-11)20-14(22)8-2-4-10(16)24-8/h1-6H,(H,17,19,21)(H,18,20,22). The molecule has 0 aliphatic carbocycles. The van der Waals surface area contributed by atoms with E-state index in [1.165, 1.54) is 35.1 Å². The zero-order chi connectivity index (χ0) is 17.1. The van der Waals surface area contributed by atoms with E-state index < -0.39 is 0 Å². The minimum absolute atomic E-state index is 0.264. The molecule has 0 saturated carbocycles. The number of anilines is 2. The summed E-state index contributed by atoms with van der Waals surface area (Å²) in [6.45, 7) is 0. The summed E-state index contributed by atoms with van der Waals surface area (Å²) in [4.78, 5) is 33.3. The van der Waals surface area contributed by atoms with Crippen LogP contribution in [0.5, 0.6) is 0 Å². The van der Waals surface area contributed by atoms with Crippen molar-refractivity contribution in [2.24, 2.45) is 0 Å². The Labute approximate surface area is 161 Å². The van der Waals surface area contributed by atoms with Gasteiger partial charge in [0.15, 0.2) is 11.6 Å². The molecule has 0 aromatic carbocycles. The van der Waals surface area contributed by atoms with Crippen molar-refractivity contribution in [3.05, 3.63) is 54.0 Å². The van der Waals surface area contributed by atoms with Gasteiger partial charge in [0.05, 0.1) is 29.7 Å². The lowest BCUT2D eigenvalue weighted by atomic mass is 10.4. The number of thiophene rings is 2. The average molecular weight is 488 g/mol. The molecule has 0 radical (unpaired) electrons. The smallest absolute Gasteiger partial charge is 0.266 e. The van der Waals surface area contributed by atoms with Crippen molar-refractivity contribution < 1.29 is 9.59 Å². The van der Waals surface area contributed by atoms with Crippen molar-refractivity contribution in [1.82, 2.24) is 9.97 Å². The molecular formula is C14H8Br2N4O2S2. The molecule has 2 N–H and O–H groups in total. The number of rotatable bonds is 4. The summed E-state index contributed by atoms with van der Waals surface area (Å²) in [5.41, 5.74) is 0. The molecule has 0 fully saturated rings. The average Bonchev–Trinajstić information content (AvgIpc) is 3.18. The Morgan fingerprint density at radius 2 is 1.21 bits per heavy atom. The minimum atomic E-state index is -0.264. The van der Waals surface area contributed by atoms with E-state index in [1.807, 2.05) is 0 Å². The molecule has 3 aromatic heterocycles. The predicted molar refractivity (Wildman–Crippen MR) is 102 cm³/mol. The van der Waals surface area contributed by atoms with Gasteiger partial charge in [-0.1, -0.05) is 0 Å². The van der Waals surface area contributed by atoms with E-state index in [2.05, 4.69) is 52.5 Å². The van der Waals surface area contributed by atoms with Crippen molar-refractivity contribution in [3.8, 4) is 0 Å². The van der Waals surface area contributed by atoms with Gasteiger partial charge >= 0.3 is 0 Å². The molecule has 0 aliphatic heterocycles. The van der Waals surface area contributed by atoms with Gasteiger partial charge in [0.25, 0.3) is 11.8 Å². The lowest BCUT2D eigenvalue weighted by Crippen LogP contribution is -2.14. The second-order valence-electron chi connectivity index (χ2n) is 4.40. The zero-order valence-electron chi connectivity index (χ0n) is 11.7. The molecule has 0 unspecified atom stereocenters. The Morgan fingerprint density at radius 1 is 0.792 bits per heavy atom. The molecule has 0 atom stereocenters. The van der Waals surface area contributed by atoms with Crippen LogP contribution in [0.4, 0.5) is 11.6 Å². The Kier molecular flexibility index (Phi) is 5.39. The third-order valence-corrected chi connectivity index (χ3v) is 5.97. The highest BCUT2D eigenvalue weighted by atomic mass is 79.9. The Bertz CT molecular complexity index is 819. The van der Waals surface area contributed by atoms with Crippen molar-refractivity contribution in [2.75, 3.05) is 10.6 Å². The predicted octanol–water partition coefficient (Wildman–Crippen LogP) is 4.63. The van der Waals surface area contributed by atoms with Crippen LogP contribution in [0.25, 0.3) is 0 Å². The van der Waals surface area contributed by atoms with Crippen LogP contribution in [0.1, 0.15) is 19.3 Å². The normalized spacial score (nSPS) is 10.4. The lowest BCUT2D eigenvalue weighted by molar-refractivity contribution is 0.102. The second kappa shape index (κ2) is 7.51. The fraction of sp³-hybridized carbons (Fsp3) is 0. The molecule has 3 rings (SSSR count). The van der Waals surface area contributed by atoms with Crippen LogP contribution in [0.2, 0.25) is 0 Å². The molecule has 0 bridgehead atoms. The summed E-state index contributed by atoms with van der Waals surface area (Å²) in [5, 5.41) is 5.29. The maximum atomic E-state index is 12.0. The SMILES string of the molecule is O=C(Nc1cnc(NC(=O)c2ccc(Br)s2)cn1)c1ccc(Br)s1.